The fraction of sp³-hybridized carbons (Fsp3) is 0.353. The van der Waals surface area contributed by atoms with Crippen molar-refractivity contribution >= 4 is 17.4 Å². The number of hydrogen-bond donors (Lipinski definition) is 0. The molecule has 0 aliphatic carbocycles. The molecule has 4 rings (SSSR count). The minimum absolute atomic E-state index is 0.209. The largest absolute Gasteiger partial charge is 0.327 e. The minimum atomic E-state index is -0.377. The molecule has 0 fully saturated rings. The predicted molar refractivity (Wildman–Crippen MR) is 94.3 cm³/mol. The Kier molecular flexibility index (Phi) is 4.03. The van der Waals surface area contributed by atoms with Crippen molar-refractivity contribution in [2.24, 2.45) is 0 Å². The van der Waals surface area contributed by atoms with Crippen LogP contribution in [0.2, 0.25) is 0 Å². The Morgan fingerprint density at radius 3 is 2.77 bits per heavy atom. The van der Waals surface area contributed by atoms with Gasteiger partial charge in [-0.3, -0.25) is 4.79 Å². The lowest BCUT2D eigenvalue weighted by molar-refractivity contribution is 0.0638. The SMILES string of the molecule is Cc1nsc(-c2nnc3n2CCN(C(=O)c2ccc(C)c(F)c2)C3C)n1. The molecule has 7 nitrogen and oxygen atoms in total. The molecular weight excluding hydrogens is 355 g/mol. The Balaban J connectivity index is 1.64. The van der Waals surface area contributed by atoms with E-state index in [0.29, 0.717) is 46.7 Å². The van der Waals surface area contributed by atoms with Gasteiger partial charge >= 0.3 is 0 Å². The first-order chi connectivity index (χ1) is 12.5. The van der Waals surface area contributed by atoms with Crippen molar-refractivity contribution in [2.45, 2.75) is 33.4 Å². The van der Waals surface area contributed by atoms with Crippen molar-refractivity contribution in [1.82, 2.24) is 29.0 Å². The lowest BCUT2D eigenvalue weighted by atomic mass is 10.1. The Hall–Kier alpha value is -2.68. The summed E-state index contributed by atoms with van der Waals surface area (Å²) in [4.78, 5) is 18.9. The van der Waals surface area contributed by atoms with E-state index >= 15 is 0 Å². The van der Waals surface area contributed by atoms with E-state index in [-0.39, 0.29) is 17.8 Å². The third-order valence-corrected chi connectivity index (χ3v) is 5.39. The number of halogens is 1. The summed E-state index contributed by atoms with van der Waals surface area (Å²) in [7, 11) is 0. The second-order valence-corrected chi connectivity index (χ2v) is 7.07. The third kappa shape index (κ3) is 2.68. The maximum Gasteiger partial charge on any atom is 0.254 e. The summed E-state index contributed by atoms with van der Waals surface area (Å²) < 4.78 is 20.0. The van der Waals surface area contributed by atoms with Crippen molar-refractivity contribution < 1.29 is 9.18 Å². The van der Waals surface area contributed by atoms with Gasteiger partial charge in [0.15, 0.2) is 16.7 Å². The molecule has 2 aromatic heterocycles. The number of benzene rings is 1. The fourth-order valence-electron chi connectivity index (χ4n) is 3.10. The van der Waals surface area contributed by atoms with Crippen LogP contribution in [0.3, 0.4) is 0 Å². The highest BCUT2D eigenvalue weighted by atomic mass is 32.1. The molecule has 0 bridgehead atoms. The van der Waals surface area contributed by atoms with Crippen LogP contribution in [0.4, 0.5) is 4.39 Å². The van der Waals surface area contributed by atoms with E-state index in [1.54, 1.807) is 24.0 Å². The Labute approximate surface area is 153 Å². The zero-order valence-electron chi connectivity index (χ0n) is 14.6. The molecule has 1 unspecified atom stereocenters. The zero-order valence-corrected chi connectivity index (χ0v) is 15.4. The van der Waals surface area contributed by atoms with E-state index in [9.17, 15) is 9.18 Å². The number of carbonyl (C=O) groups is 1. The second-order valence-electron chi connectivity index (χ2n) is 6.32. The highest BCUT2D eigenvalue weighted by Crippen LogP contribution is 2.30. The van der Waals surface area contributed by atoms with E-state index in [0.717, 1.165) is 0 Å². The number of nitrogens with zero attached hydrogens (tertiary/aromatic N) is 6. The molecule has 1 aromatic carbocycles. The first-order valence-corrected chi connectivity index (χ1v) is 9.04. The number of carbonyl (C=O) groups excluding carboxylic acids is 1. The van der Waals surface area contributed by atoms with E-state index in [2.05, 4.69) is 19.6 Å². The van der Waals surface area contributed by atoms with Crippen molar-refractivity contribution in [3.05, 3.63) is 46.8 Å². The van der Waals surface area contributed by atoms with Crippen LogP contribution in [-0.2, 0) is 6.54 Å². The van der Waals surface area contributed by atoms with E-state index < -0.39 is 0 Å². The molecule has 0 saturated heterocycles. The molecule has 0 radical (unpaired) electrons. The molecule has 1 amide bonds. The normalized spacial score (nSPS) is 16.6. The molecule has 0 saturated carbocycles. The van der Waals surface area contributed by atoms with Gasteiger partial charge in [-0.1, -0.05) is 6.07 Å². The molecule has 3 aromatic rings. The molecule has 1 atom stereocenters. The van der Waals surface area contributed by atoms with E-state index in [1.807, 2.05) is 18.4 Å². The van der Waals surface area contributed by atoms with Gasteiger partial charge < -0.3 is 9.47 Å². The van der Waals surface area contributed by atoms with Gasteiger partial charge in [0, 0.05) is 18.7 Å². The van der Waals surface area contributed by atoms with Gasteiger partial charge in [-0.05, 0) is 50.0 Å². The van der Waals surface area contributed by atoms with Crippen LogP contribution >= 0.6 is 11.5 Å². The standard InChI is InChI=1S/C17H17FN6OS/c1-9-4-5-12(8-13(9)18)17(25)23-6-7-24-14(10(23)2)20-21-15(24)16-19-11(3)22-26-16/h4-5,8,10H,6-7H2,1-3H3. The summed E-state index contributed by atoms with van der Waals surface area (Å²) in [5.41, 5.74) is 0.859. The van der Waals surface area contributed by atoms with Gasteiger partial charge in [0.2, 0.25) is 0 Å². The monoisotopic (exact) mass is 372 g/mol. The average molecular weight is 372 g/mol. The lowest BCUT2D eigenvalue weighted by Crippen LogP contribution is -2.41. The molecule has 0 N–H and O–H groups in total. The molecule has 9 heteroatoms. The summed E-state index contributed by atoms with van der Waals surface area (Å²) in [6.45, 7) is 6.45. The van der Waals surface area contributed by atoms with Crippen molar-refractivity contribution in [3.8, 4) is 10.8 Å². The van der Waals surface area contributed by atoms with Gasteiger partial charge in [-0.25, -0.2) is 9.37 Å². The summed E-state index contributed by atoms with van der Waals surface area (Å²) >= 11 is 1.28. The summed E-state index contributed by atoms with van der Waals surface area (Å²) in [6, 6.07) is 4.30. The highest BCUT2D eigenvalue weighted by Gasteiger charge is 2.32. The quantitative estimate of drug-likeness (QED) is 0.691. The van der Waals surface area contributed by atoms with Crippen molar-refractivity contribution in [3.63, 3.8) is 0 Å². The Morgan fingerprint density at radius 2 is 2.08 bits per heavy atom. The predicted octanol–water partition coefficient (Wildman–Crippen LogP) is 2.77. The average Bonchev–Trinajstić information content (AvgIpc) is 3.23. The lowest BCUT2D eigenvalue weighted by Gasteiger charge is -2.33. The number of aryl methyl sites for hydroxylation is 2. The second kappa shape index (κ2) is 6.24. The Morgan fingerprint density at radius 1 is 1.27 bits per heavy atom. The summed E-state index contributed by atoms with van der Waals surface area (Å²) in [5.74, 6) is 1.48. The third-order valence-electron chi connectivity index (χ3n) is 4.58. The maximum absolute atomic E-state index is 13.8. The minimum Gasteiger partial charge on any atom is -0.327 e. The number of hydrogen-bond acceptors (Lipinski definition) is 6. The molecule has 3 heterocycles. The van der Waals surface area contributed by atoms with Crippen LogP contribution in [0.5, 0.6) is 0 Å². The maximum atomic E-state index is 13.8. The van der Waals surface area contributed by atoms with E-state index in [1.165, 1.54) is 17.6 Å². The molecule has 26 heavy (non-hydrogen) atoms. The van der Waals surface area contributed by atoms with Crippen molar-refractivity contribution in [1.29, 1.82) is 0 Å². The molecule has 134 valence electrons. The van der Waals surface area contributed by atoms with Crippen LogP contribution in [0, 0.1) is 19.7 Å². The van der Waals surface area contributed by atoms with Gasteiger partial charge in [0.05, 0.1) is 6.04 Å². The van der Waals surface area contributed by atoms with Crippen LogP contribution < -0.4 is 0 Å². The molecule has 0 spiro atoms. The van der Waals surface area contributed by atoms with Crippen LogP contribution in [0.15, 0.2) is 18.2 Å². The fourth-order valence-corrected chi connectivity index (χ4v) is 3.77. The summed E-state index contributed by atoms with van der Waals surface area (Å²) in [5, 5.41) is 9.23. The van der Waals surface area contributed by atoms with Gasteiger partial charge in [-0.15, -0.1) is 10.2 Å². The molecule has 1 aliphatic heterocycles. The van der Waals surface area contributed by atoms with Crippen LogP contribution in [0.1, 0.15) is 40.5 Å². The number of rotatable bonds is 2. The Bertz CT molecular complexity index is 997. The smallest absolute Gasteiger partial charge is 0.254 e. The van der Waals surface area contributed by atoms with Crippen molar-refractivity contribution in [2.75, 3.05) is 6.54 Å². The molecular formula is C17H17FN6OS. The topological polar surface area (TPSA) is 76.8 Å². The van der Waals surface area contributed by atoms with Gasteiger partial charge in [-0.2, -0.15) is 4.37 Å². The molecule has 1 aliphatic rings. The first kappa shape index (κ1) is 16.8. The van der Waals surface area contributed by atoms with Crippen LogP contribution in [0.25, 0.3) is 10.8 Å². The number of fused-ring (bicyclic) bond motifs is 1. The number of amides is 1. The van der Waals surface area contributed by atoms with E-state index in [4.69, 9.17) is 0 Å². The van der Waals surface area contributed by atoms with Gasteiger partial charge in [0.25, 0.3) is 5.91 Å². The highest BCUT2D eigenvalue weighted by molar-refractivity contribution is 7.09. The first-order valence-electron chi connectivity index (χ1n) is 8.26. The zero-order chi connectivity index (χ0) is 18.4. The number of aromatic nitrogens is 5. The van der Waals surface area contributed by atoms with Crippen LogP contribution in [-0.4, -0.2) is 41.5 Å². The summed E-state index contributed by atoms with van der Waals surface area (Å²) in [6.07, 6.45) is 0. The van der Waals surface area contributed by atoms with Gasteiger partial charge in [0.1, 0.15) is 11.6 Å².